The highest BCUT2D eigenvalue weighted by Crippen LogP contribution is 2.27. The van der Waals surface area contributed by atoms with Gasteiger partial charge in [0, 0.05) is 23.1 Å². The van der Waals surface area contributed by atoms with Crippen LogP contribution in [0.5, 0.6) is 5.75 Å². The molecule has 0 aliphatic rings. The van der Waals surface area contributed by atoms with Crippen LogP contribution in [0.4, 0.5) is 6.01 Å². The van der Waals surface area contributed by atoms with E-state index in [9.17, 15) is 9.59 Å². The number of H-pyrrole nitrogens is 1. The standard InChI is InChI=1S/C18H19N3O4/c1-10(2)19-18-21-14(9-25-18)13-8-15(23)12-4-5-16(24-7-6-22)11(3)17(12)20-13/h4-6,8-10H,7H2,1-3H3,(H,19,21)(H,20,23). The number of aromatic nitrogens is 2. The fourth-order valence-corrected chi connectivity index (χ4v) is 2.57. The largest absolute Gasteiger partial charge is 0.486 e. The summed E-state index contributed by atoms with van der Waals surface area (Å²) in [4.78, 5) is 30.5. The van der Waals surface area contributed by atoms with Gasteiger partial charge < -0.3 is 19.5 Å². The third-order valence-corrected chi connectivity index (χ3v) is 3.72. The number of hydrogen-bond acceptors (Lipinski definition) is 6. The Hall–Kier alpha value is -3.09. The highest BCUT2D eigenvalue weighted by Gasteiger charge is 2.13. The quantitative estimate of drug-likeness (QED) is 0.669. The first-order valence-corrected chi connectivity index (χ1v) is 7.95. The van der Waals surface area contributed by atoms with Crippen molar-refractivity contribution in [2.45, 2.75) is 26.8 Å². The van der Waals surface area contributed by atoms with Gasteiger partial charge in [0.05, 0.1) is 11.2 Å². The van der Waals surface area contributed by atoms with Crippen molar-refractivity contribution in [1.82, 2.24) is 9.97 Å². The Bertz CT molecular complexity index is 972. The number of oxazole rings is 1. The molecule has 2 N–H and O–H groups in total. The van der Waals surface area contributed by atoms with Crippen LogP contribution in [-0.2, 0) is 4.79 Å². The van der Waals surface area contributed by atoms with Gasteiger partial charge in [-0.1, -0.05) is 0 Å². The fourth-order valence-electron chi connectivity index (χ4n) is 2.57. The molecule has 0 atom stereocenters. The summed E-state index contributed by atoms with van der Waals surface area (Å²) < 4.78 is 10.8. The maximum absolute atomic E-state index is 12.4. The minimum atomic E-state index is -0.129. The molecule has 1 aromatic carbocycles. The van der Waals surface area contributed by atoms with Gasteiger partial charge in [0.25, 0.3) is 6.01 Å². The van der Waals surface area contributed by atoms with Crippen LogP contribution < -0.4 is 15.5 Å². The molecule has 2 aromatic heterocycles. The summed E-state index contributed by atoms with van der Waals surface area (Å²) in [6.45, 7) is 5.75. The van der Waals surface area contributed by atoms with Crippen molar-refractivity contribution in [3.8, 4) is 17.1 Å². The first kappa shape index (κ1) is 16.8. The third kappa shape index (κ3) is 3.40. The van der Waals surface area contributed by atoms with Gasteiger partial charge >= 0.3 is 0 Å². The van der Waals surface area contributed by atoms with E-state index in [-0.39, 0.29) is 18.1 Å². The Kier molecular flexibility index (Phi) is 4.56. The Labute approximate surface area is 144 Å². The van der Waals surface area contributed by atoms with Gasteiger partial charge in [0.1, 0.15) is 24.3 Å². The topological polar surface area (TPSA) is 97.2 Å². The molecule has 0 aliphatic heterocycles. The van der Waals surface area contributed by atoms with Crippen molar-refractivity contribution in [2.24, 2.45) is 0 Å². The van der Waals surface area contributed by atoms with Gasteiger partial charge in [-0.15, -0.1) is 0 Å². The first-order valence-electron chi connectivity index (χ1n) is 7.95. The Morgan fingerprint density at radius 2 is 2.20 bits per heavy atom. The molecule has 0 saturated heterocycles. The number of anilines is 1. The second-order valence-corrected chi connectivity index (χ2v) is 5.97. The van der Waals surface area contributed by atoms with Crippen LogP contribution in [-0.4, -0.2) is 28.9 Å². The molecule has 0 radical (unpaired) electrons. The van der Waals surface area contributed by atoms with Gasteiger partial charge in [-0.2, -0.15) is 4.98 Å². The van der Waals surface area contributed by atoms with E-state index in [0.717, 1.165) is 5.56 Å². The van der Waals surface area contributed by atoms with Crippen molar-refractivity contribution < 1.29 is 13.9 Å². The predicted molar refractivity (Wildman–Crippen MR) is 95.1 cm³/mol. The summed E-state index contributed by atoms with van der Waals surface area (Å²) in [5.74, 6) is 0.551. The maximum Gasteiger partial charge on any atom is 0.295 e. The number of aryl methyl sites for hydroxylation is 1. The molecule has 0 bridgehead atoms. The van der Waals surface area contributed by atoms with Crippen LogP contribution in [0.25, 0.3) is 22.3 Å². The number of carbonyl (C=O) groups excluding carboxylic acids is 1. The number of aromatic amines is 1. The molecular weight excluding hydrogens is 322 g/mol. The number of nitrogens with one attached hydrogen (secondary N) is 2. The number of aldehydes is 1. The van der Waals surface area contributed by atoms with Crippen LogP contribution in [0, 0.1) is 6.92 Å². The molecule has 0 saturated carbocycles. The number of nitrogens with zero attached hydrogens (tertiary/aromatic N) is 1. The van der Waals surface area contributed by atoms with Crippen molar-refractivity contribution in [1.29, 1.82) is 0 Å². The molecule has 7 heteroatoms. The van der Waals surface area contributed by atoms with E-state index in [0.29, 0.717) is 40.3 Å². The van der Waals surface area contributed by atoms with Crippen LogP contribution >= 0.6 is 0 Å². The summed E-state index contributed by atoms with van der Waals surface area (Å²) in [5.41, 5.74) is 2.35. The zero-order valence-electron chi connectivity index (χ0n) is 14.3. The average Bonchev–Trinajstić information content (AvgIpc) is 3.02. The molecule has 0 spiro atoms. The Morgan fingerprint density at radius 1 is 1.40 bits per heavy atom. The Morgan fingerprint density at radius 3 is 2.92 bits per heavy atom. The number of pyridine rings is 1. The number of ether oxygens (including phenoxy) is 1. The van der Waals surface area contributed by atoms with Crippen LogP contribution in [0.2, 0.25) is 0 Å². The molecule has 0 amide bonds. The monoisotopic (exact) mass is 341 g/mol. The second-order valence-electron chi connectivity index (χ2n) is 5.97. The van der Waals surface area contributed by atoms with E-state index in [2.05, 4.69) is 15.3 Å². The summed E-state index contributed by atoms with van der Waals surface area (Å²) in [5, 5.41) is 3.61. The molecule has 3 aromatic rings. The summed E-state index contributed by atoms with van der Waals surface area (Å²) in [7, 11) is 0. The second kappa shape index (κ2) is 6.80. The van der Waals surface area contributed by atoms with Crippen molar-refractivity contribution in [3.05, 3.63) is 40.2 Å². The molecule has 130 valence electrons. The van der Waals surface area contributed by atoms with Crippen LogP contribution in [0.1, 0.15) is 19.4 Å². The molecule has 7 nitrogen and oxygen atoms in total. The number of carbonyl (C=O) groups is 1. The smallest absolute Gasteiger partial charge is 0.295 e. The lowest BCUT2D eigenvalue weighted by atomic mass is 10.1. The highest BCUT2D eigenvalue weighted by molar-refractivity contribution is 5.85. The van der Waals surface area contributed by atoms with Crippen molar-refractivity contribution in [3.63, 3.8) is 0 Å². The van der Waals surface area contributed by atoms with E-state index in [1.54, 1.807) is 12.1 Å². The van der Waals surface area contributed by atoms with E-state index in [1.807, 2.05) is 20.8 Å². The normalized spacial score (nSPS) is 11.0. The average molecular weight is 341 g/mol. The molecule has 0 aliphatic carbocycles. The molecule has 2 heterocycles. The fraction of sp³-hybridized carbons (Fsp3) is 0.278. The molecule has 3 rings (SSSR count). The number of benzene rings is 1. The molecule has 0 fully saturated rings. The van der Waals surface area contributed by atoms with Gasteiger partial charge in [0.15, 0.2) is 11.7 Å². The van der Waals surface area contributed by atoms with E-state index in [4.69, 9.17) is 9.15 Å². The molecule has 25 heavy (non-hydrogen) atoms. The van der Waals surface area contributed by atoms with Crippen LogP contribution in [0.15, 0.2) is 33.7 Å². The predicted octanol–water partition coefficient (Wildman–Crippen LogP) is 2.89. The maximum atomic E-state index is 12.4. The SMILES string of the molecule is Cc1c(OCC=O)ccc2c(=O)cc(-c3coc(NC(C)C)n3)[nH]c12. The van der Waals surface area contributed by atoms with Gasteiger partial charge in [-0.05, 0) is 32.9 Å². The van der Waals surface area contributed by atoms with E-state index < -0.39 is 0 Å². The number of hydrogen-bond donors (Lipinski definition) is 2. The summed E-state index contributed by atoms with van der Waals surface area (Å²) in [6, 6.07) is 5.44. The van der Waals surface area contributed by atoms with Gasteiger partial charge in [0.2, 0.25) is 0 Å². The summed E-state index contributed by atoms with van der Waals surface area (Å²) >= 11 is 0. The minimum Gasteiger partial charge on any atom is -0.486 e. The minimum absolute atomic E-state index is 0.0379. The molecular formula is C18H19N3O4. The summed E-state index contributed by atoms with van der Waals surface area (Å²) in [6.07, 6.45) is 2.17. The lowest BCUT2D eigenvalue weighted by molar-refractivity contribution is -0.109. The number of rotatable bonds is 6. The lowest BCUT2D eigenvalue weighted by Crippen LogP contribution is -2.09. The van der Waals surface area contributed by atoms with E-state index >= 15 is 0 Å². The van der Waals surface area contributed by atoms with Crippen molar-refractivity contribution in [2.75, 3.05) is 11.9 Å². The van der Waals surface area contributed by atoms with Crippen molar-refractivity contribution >= 4 is 23.2 Å². The molecule has 0 unspecified atom stereocenters. The first-order chi connectivity index (χ1) is 12.0. The van der Waals surface area contributed by atoms with E-state index in [1.165, 1.54) is 12.3 Å². The zero-order valence-corrected chi connectivity index (χ0v) is 14.3. The zero-order chi connectivity index (χ0) is 18.0. The number of fused-ring (bicyclic) bond motifs is 1. The van der Waals surface area contributed by atoms with Gasteiger partial charge in [-0.3, -0.25) is 9.59 Å². The third-order valence-electron chi connectivity index (χ3n) is 3.72. The van der Waals surface area contributed by atoms with Crippen LogP contribution in [0.3, 0.4) is 0 Å². The Balaban J connectivity index is 2.07. The highest BCUT2D eigenvalue weighted by atomic mass is 16.5. The lowest BCUT2D eigenvalue weighted by Gasteiger charge is -2.10. The van der Waals surface area contributed by atoms with Gasteiger partial charge in [-0.25, -0.2) is 0 Å².